The molecule has 3 heterocycles. The maximum absolute atomic E-state index is 14.5. The van der Waals surface area contributed by atoms with Gasteiger partial charge in [0.1, 0.15) is 42.3 Å². The van der Waals surface area contributed by atoms with Crippen LogP contribution in [0.4, 0.5) is 0 Å². The number of imidazole rings is 1. The average molecular weight is 1010 g/mol. The van der Waals surface area contributed by atoms with Gasteiger partial charge in [-0.2, -0.15) is 11.8 Å². The molecular weight excluding hydrogens is 941 g/mol. The quantitative estimate of drug-likeness (QED) is 0.0399. The number of aliphatic carboxylic acids is 2. The Hall–Kier alpha value is -6.11. The van der Waals surface area contributed by atoms with Gasteiger partial charge in [-0.25, -0.2) is 9.78 Å². The molecular formula is C47H72N12O11S. The van der Waals surface area contributed by atoms with E-state index in [9.17, 15) is 53.4 Å². The van der Waals surface area contributed by atoms with E-state index in [2.05, 4.69) is 36.6 Å². The van der Waals surface area contributed by atoms with Crippen molar-refractivity contribution in [2.45, 2.75) is 145 Å². The molecule has 0 saturated carbocycles. The lowest BCUT2D eigenvalue weighted by Crippen LogP contribution is -2.60. The number of nitrogens with two attached hydrogens (primary N) is 3. The first-order chi connectivity index (χ1) is 34.1. The van der Waals surface area contributed by atoms with Crippen molar-refractivity contribution in [2.24, 2.45) is 17.2 Å². The molecule has 392 valence electrons. The Morgan fingerprint density at radius 1 is 0.690 bits per heavy atom. The fourth-order valence-corrected chi connectivity index (χ4v) is 9.15. The number of carboxylic acids is 2. The van der Waals surface area contributed by atoms with Gasteiger partial charge in [0.05, 0.1) is 12.4 Å². The SMILES string of the molecule is CSCC[C@H](NC(=O)[C@H](CCC(=O)O)NC(=O)[C@H](CCCCN)NC(=O)[C@@H](N)Cc1cnc[nH]1)C(=O)N1CCC[C@H]1C(=O)N[C@@H](Cc1ccccc1)C(=O)N1CCC[C@H]1C(=O)N[C@@H](CCCCN)C(=O)O. The van der Waals surface area contributed by atoms with E-state index in [4.69, 9.17) is 17.2 Å². The van der Waals surface area contributed by atoms with E-state index in [-0.39, 0.29) is 64.5 Å². The van der Waals surface area contributed by atoms with Gasteiger partial charge < -0.3 is 68.8 Å². The largest absolute Gasteiger partial charge is 0.481 e. The number of hydrogen-bond donors (Lipinski definition) is 11. The Balaban J connectivity index is 1.52. The number of thioether (sulfide) groups is 1. The van der Waals surface area contributed by atoms with E-state index in [1.807, 2.05) is 0 Å². The van der Waals surface area contributed by atoms with Gasteiger partial charge in [-0.1, -0.05) is 30.3 Å². The first kappa shape index (κ1) is 57.5. The number of H-pyrrole nitrogens is 1. The van der Waals surface area contributed by atoms with Crippen molar-refractivity contribution < 1.29 is 53.4 Å². The molecule has 14 N–H and O–H groups in total. The number of nitrogens with zero attached hydrogens (tertiary/aromatic N) is 3. The summed E-state index contributed by atoms with van der Waals surface area (Å²) in [7, 11) is 0. The summed E-state index contributed by atoms with van der Waals surface area (Å²) in [6, 6.07) is -0.397. The summed E-state index contributed by atoms with van der Waals surface area (Å²) in [6.45, 7) is 1.01. The molecule has 0 bridgehead atoms. The highest BCUT2D eigenvalue weighted by Gasteiger charge is 2.42. The number of rotatable bonds is 31. The molecule has 2 aromatic rings. The van der Waals surface area contributed by atoms with Gasteiger partial charge in [-0.05, 0) is 108 Å². The monoisotopic (exact) mass is 1010 g/mol. The second-order valence-electron chi connectivity index (χ2n) is 17.9. The number of carbonyl (C=O) groups is 9. The van der Waals surface area contributed by atoms with E-state index < -0.39 is 108 Å². The molecule has 2 aliphatic rings. The van der Waals surface area contributed by atoms with Crippen LogP contribution in [0.1, 0.15) is 94.7 Å². The van der Waals surface area contributed by atoms with Gasteiger partial charge in [-0.3, -0.25) is 38.4 Å². The third-order valence-electron chi connectivity index (χ3n) is 12.6. The highest BCUT2D eigenvalue weighted by Crippen LogP contribution is 2.23. The van der Waals surface area contributed by atoms with Crippen molar-refractivity contribution in [1.29, 1.82) is 0 Å². The molecule has 1 aromatic carbocycles. The zero-order valence-corrected chi connectivity index (χ0v) is 41.2. The average Bonchev–Trinajstić information content (AvgIpc) is 4.17. The zero-order chi connectivity index (χ0) is 51.9. The molecule has 7 amide bonds. The second-order valence-corrected chi connectivity index (χ2v) is 18.9. The molecule has 0 radical (unpaired) electrons. The first-order valence-electron chi connectivity index (χ1n) is 24.3. The van der Waals surface area contributed by atoms with Crippen LogP contribution in [-0.2, 0) is 56.0 Å². The zero-order valence-electron chi connectivity index (χ0n) is 40.4. The normalized spacial score (nSPS) is 18.0. The Morgan fingerprint density at radius 3 is 1.76 bits per heavy atom. The molecule has 0 aliphatic carbocycles. The van der Waals surface area contributed by atoms with Crippen LogP contribution in [0.25, 0.3) is 0 Å². The highest BCUT2D eigenvalue weighted by atomic mass is 32.2. The molecule has 1 aromatic heterocycles. The smallest absolute Gasteiger partial charge is 0.326 e. The number of likely N-dealkylation sites (tertiary alicyclic amines) is 2. The van der Waals surface area contributed by atoms with Crippen molar-refractivity contribution in [2.75, 3.05) is 38.2 Å². The van der Waals surface area contributed by atoms with Crippen molar-refractivity contribution in [3.63, 3.8) is 0 Å². The minimum atomic E-state index is -1.46. The summed E-state index contributed by atoms with van der Waals surface area (Å²) >= 11 is 1.40. The van der Waals surface area contributed by atoms with Crippen molar-refractivity contribution in [3.8, 4) is 0 Å². The van der Waals surface area contributed by atoms with Crippen LogP contribution >= 0.6 is 11.8 Å². The molecule has 4 rings (SSSR count). The number of carboxylic acid groups (broad SMARTS) is 2. The van der Waals surface area contributed by atoms with Gasteiger partial charge in [0, 0.05) is 44.2 Å². The third-order valence-corrected chi connectivity index (χ3v) is 13.2. The summed E-state index contributed by atoms with van der Waals surface area (Å²) in [6.07, 6.45) is 7.76. The summed E-state index contributed by atoms with van der Waals surface area (Å²) in [4.78, 5) is 131. The minimum Gasteiger partial charge on any atom is -0.481 e. The lowest BCUT2D eigenvalue weighted by molar-refractivity contribution is -0.146. The second kappa shape index (κ2) is 29.9. The van der Waals surface area contributed by atoms with E-state index in [0.29, 0.717) is 68.6 Å². The van der Waals surface area contributed by atoms with Gasteiger partial charge >= 0.3 is 11.9 Å². The lowest BCUT2D eigenvalue weighted by atomic mass is 10.0. The predicted molar refractivity (Wildman–Crippen MR) is 263 cm³/mol. The molecule has 2 fully saturated rings. The Labute approximate surface area is 417 Å². The Kier molecular flexibility index (Phi) is 24.2. The fraction of sp³-hybridized carbons (Fsp3) is 0.617. The lowest BCUT2D eigenvalue weighted by Gasteiger charge is -2.32. The maximum atomic E-state index is 14.5. The number of aromatic amines is 1. The number of hydrogen-bond acceptors (Lipinski definition) is 14. The number of amides is 7. The molecule has 24 heteroatoms. The topological polar surface area (TPSA) is 367 Å². The van der Waals surface area contributed by atoms with E-state index in [0.717, 1.165) is 0 Å². The first-order valence-corrected chi connectivity index (χ1v) is 25.7. The van der Waals surface area contributed by atoms with E-state index in [1.165, 1.54) is 34.1 Å². The van der Waals surface area contributed by atoms with Gasteiger partial charge in [0.15, 0.2) is 0 Å². The molecule has 71 heavy (non-hydrogen) atoms. The van der Waals surface area contributed by atoms with Crippen LogP contribution in [0.3, 0.4) is 0 Å². The van der Waals surface area contributed by atoms with Crippen LogP contribution in [0.2, 0.25) is 0 Å². The molecule has 2 aliphatic heterocycles. The molecule has 8 atom stereocenters. The predicted octanol–water partition coefficient (Wildman–Crippen LogP) is -1.11. The van der Waals surface area contributed by atoms with Crippen LogP contribution in [0.5, 0.6) is 0 Å². The molecule has 23 nitrogen and oxygen atoms in total. The number of aromatic nitrogens is 2. The van der Waals surface area contributed by atoms with Crippen LogP contribution in [0.15, 0.2) is 42.9 Å². The highest BCUT2D eigenvalue weighted by molar-refractivity contribution is 7.98. The maximum Gasteiger partial charge on any atom is 0.326 e. The van der Waals surface area contributed by atoms with E-state index in [1.54, 1.807) is 36.6 Å². The summed E-state index contributed by atoms with van der Waals surface area (Å²) < 4.78 is 0. The number of unbranched alkanes of at least 4 members (excludes halogenated alkanes) is 2. The third kappa shape index (κ3) is 18.2. The van der Waals surface area contributed by atoms with Gasteiger partial charge in [-0.15, -0.1) is 0 Å². The van der Waals surface area contributed by atoms with Crippen LogP contribution in [-0.4, -0.2) is 170 Å². The minimum absolute atomic E-state index is 0.0408. The fourth-order valence-electron chi connectivity index (χ4n) is 8.68. The van der Waals surface area contributed by atoms with Crippen LogP contribution < -0.4 is 43.8 Å². The molecule has 0 unspecified atom stereocenters. The van der Waals surface area contributed by atoms with Crippen molar-refractivity contribution in [3.05, 3.63) is 54.1 Å². The summed E-state index contributed by atoms with van der Waals surface area (Å²) in [5.74, 6) is -6.75. The molecule has 2 saturated heterocycles. The summed E-state index contributed by atoms with van der Waals surface area (Å²) in [5.41, 5.74) is 18.7. The number of nitrogens with one attached hydrogen (secondary N) is 6. The van der Waals surface area contributed by atoms with Crippen molar-refractivity contribution >= 4 is 65.1 Å². The Bertz CT molecular complexity index is 2080. The van der Waals surface area contributed by atoms with Gasteiger partial charge in [0.25, 0.3) is 0 Å². The van der Waals surface area contributed by atoms with Gasteiger partial charge in [0.2, 0.25) is 41.4 Å². The summed E-state index contributed by atoms with van der Waals surface area (Å²) in [5, 5.41) is 32.8. The number of carbonyl (C=O) groups excluding carboxylic acids is 7. The van der Waals surface area contributed by atoms with Crippen LogP contribution in [0, 0.1) is 0 Å². The Morgan fingerprint density at radius 2 is 1.23 bits per heavy atom. The standard InChI is InChI=1S/C47H72N12O11S/c1-71-24-19-34(55-42(64)33(17-18-39(60)61)54-41(63)32(13-5-7-20-48)53-40(62)31(50)26-30-27-51-28-52-30)45(67)58-22-9-16-38(58)44(66)57-36(25-29-11-3-2-4-12-29)46(68)59-23-10-15-37(59)43(65)56-35(47(69)70)14-6-8-21-49/h2-4,11-12,27-28,31-38H,5-10,13-26,48-50H2,1H3,(H,51,52)(H,53,62)(H,54,63)(H,55,64)(H,56,65)(H,57,66)(H,60,61)(H,69,70)/t31-,32-,33-,34-,35-,36-,37-,38-/m0/s1. The van der Waals surface area contributed by atoms with Crippen molar-refractivity contribution in [1.82, 2.24) is 46.4 Å². The molecule has 0 spiro atoms. The van der Waals surface area contributed by atoms with E-state index >= 15 is 0 Å². The number of benzene rings is 1.